The van der Waals surface area contributed by atoms with Crippen molar-refractivity contribution in [2.24, 2.45) is 11.8 Å². The van der Waals surface area contributed by atoms with Crippen molar-refractivity contribution in [1.29, 1.82) is 5.26 Å². The lowest BCUT2D eigenvalue weighted by molar-refractivity contribution is -0.123. The number of hydrogen-bond donors (Lipinski definition) is 2. The average Bonchev–Trinajstić information content (AvgIpc) is 2.74. The maximum Gasteiger partial charge on any atom is 0.238 e. The van der Waals surface area contributed by atoms with Gasteiger partial charge in [-0.15, -0.1) is 0 Å². The highest BCUT2D eigenvalue weighted by atomic mass is 16.2. The van der Waals surface area contributed by atoms with Crippen LogP contribution in [-0.4, -0.2) is 25.0 Å². The van der Waals surface area contributed by atoms with E-state index in [1.807, 2.05) is 6.07 Å². The molecular weight excluding hydrogens is 178 g/mol. The Morgan fingerprint density at radius 1 is 1.57 bits per heavy atom. The molecule has 2 N–H and O–H groups in total. The van der Waals surface area contributed by atoms with Crippen molar-refractivity contribution >= 4 is 5.91 Å². The molecule has 0 bridgehead atoms. The molecule has 4 heteroatoms. The number of nitrogens with one attached hydrogen (secondary N) is 2. The summed E-state index contributed by atoms with van der Waals surface area (Å²) in [6.45, 7) is 1.09. The second kappa shape index (κ2) is 3.97. The van der Waals surface area contributed by atoms with Gasteiger partial charge < -0.3 is 10.6 Å². The fourth-order valence-electron chi connectivity index (χ4n) is 2.71. The summed E-state index contributed by atoms with van der Waals surface area (Å²) in [5.41, 5.74) is 0. The first-order chi connectivity index (χ1) is 6.83. The number of nitriles is 1. The van der Waals surface area contributed by atoms with Crippen molar-refractivity contribution in [3.63, 3.8) is 0 Å². The minimum Gasteiger partial charge on any atom is -0.342 e. The fourth-order valence-corrected chi connectivity index (χ4v) is 2.71. The Bertz CT molecular complexity index is 271. The molecule has 1 heterocycles. The zero-order chi connectivity index (χ0) is 9.97. The maximum absolute atomic E-state index is 11.6. The molecule has 1 saturated heterocycles. The minimum absolute atomic E-state index is 0.000880. The molecule has 14 heavy (non-hydrogen) atoms. The molecule has 2 rings (SSSR count). The van der Waals surface area contributed by atoms with Gasteiger partial charge in [0.2, 0.25) is 5.91 Å². The van der Waals surface area contributed by atoms with Crippen LogP contribution in [0.1, 0.15) is 19.3 Å². The smallest absolute Gasteiger partial charge is 0.238 e. The second-order valence-corrected chi connectivity index (χ2v) is 4.12. The number of hydrogen-bond acceptors (Lipinski definition) is 3. The van der Waals surface area contributed by atoms with Crippen LogP contribution < -0.4 is 10.6 Å². The number of fused-ring (bicyclic) bond motifs is 1. The second-order valence-electron chi connectivity index (χ2n) is 4.12. The van der Waals surface area contributed by atoms with Crippen molar-refractivity contribution in [2.45, 2.75) is 25.3 Å². The van der Waals surface area contributed by atoms with Gasteiger partial charge in [-0.1, -0.05) is 6.42 Å². The zero-order valence-corrected chi connectivity index (χ0v) is 8.12. The normalized spacial score (nSPS) is 34.9. The zero-order valence-electron chi connectivity index (χ0n) is 8.12. The monoisotopic (exact) mass is 193 g/mol. The molecule has 1 aliphatic heterocycles. The largest absolute Gasteiger partial charge is 0.342 e. The number of nitrogens with zero attached hydrogens (tertiary/aromatic N) is 1. The molecule has 76 valence electrons. The van der Waals surface area contributed by atoms with Crippen molar-refractivity contribution in [1.82, 2.24) is 10.6 Å². The molecule has 1 aliphatic carbocycles. The first-order valence-electron chi connectivity index (χ1n) is 5.21. The highest BCUT2D eigenvalue weighted by Gasteiger charge is 2.42. The van der Waals surface area contributed by atoms with Crippen molar-refractivity contribution in [3.8, 4) is 6.07 Å². The maximum atomic E-state index is 11.6. The van der Waals surface area contributed by atoms with Gasteiger partial charge >= 0.3 is 0 Å². The topological polar surface area (TPSA) is 64.9 Å². The van der Waals surface area contributed by atoms with E-state index in [9.17, 15) is 4.79 Å². The average molecular weight is 193 g/mol. The number of carbonyl (C=O) groups is 1. The van der Waals surface area contributed by atoms with Crippen LogP contribution in [-0.2, 0) is 4.79 Å². The Morgan fingerprint density at radius 3 is 3.21 bits per heavy atom. The molecule has 1 amide bonds. The molecule has 3 atom stereocenters. The molecule has 0 aromatic carbocycles. The molecule has 4 nitrogen and oxygen atoms in total. The molecule has 0 aromatic rings. The third kappa shape index (κ3) is 1.60. The van der Waals surface area contributed by atoms with Gasteiger partial charge in [0, 0.05) is 0 Å². The summed E-state index contributed by atoms with van der Waals surface area (Å²) in [4.78, 5) is 11.6. The molecule has 2 fully saturated rings. The Balaban J connectivity index is 1.92. The molecule has 1 saturated carbocycles. The Kier molecular flexibility index (Phi) is 2.69. The third-order valence-corrected chi connectivity index (χ3v) is 3.37. The van der Waals surface area contributed by atoms with Crippen molar-refractivity contribution in [3.05, 3.63) is 0 Å². The van der Waals surface area contributed by atoms with Crippen LogP contribution in [0.3, 0.4) is 0 Å². The van der Waals surface area contributed by atoms with Gasteiger partial charge in [-0.05, 0) is 31.2 Å². The highest BCUT2D eigenvalue weighted by Crippen LogP contribution is 2.37. The van der Waals surface area contributed by atoms with Gasteiger partial charge in [-0.25, -0.2) is 0 Å². The number of amides is 1. The van der Waals surface area contributed by atoms with Crippen LogP contribution >= 0.6 is 0 Å². The van der Waals surface area contributed by atoms with E-state index in [1.54, 1.807) is 0 Å². The first kappa shape index (κ1) is 9.47. The van der Waals surface area contributed by atoms with Crippen LogP contribution in [0.5, 0.6) is 0 Å². The van der Waals surface area contributed by atoms with Crippen LogP contribution in [0.15, 0.2) is 0 Å². The highest BCUT2D eigenvalue weighted by molar-refractivity contribution is 5.82. The summed E-state index contributed by atoms with van der Waals surface area (Å²) in [6, 6.07) is 1.88. The van der Waals surface area contributed by atoms with E-state index in [0.717, 1.165) is 13.0 Å². The number of rotatable bonds is 2. The predicted octanol–water partition coefficient (Wildman–Crippen LogP) is 0.0143. The van der Waals surface area contributed by atoms with Gasteiger partial charge in [0.25, 0.3) is 0 Å². The molecular formula is C10H15N3O. The lowest BCUT2D eigenvalue weighted by Crippen LogP contribution is -2.43. The SMILES string of the molecule is N#CCNC(=O)C1NCC2CCCC21. The van der Waals surface area contributed by atoms with Gasteiger partial charge in [-0.3, -0.25) is 4.79 Å². The standard InChI is InChI=1S/C10H15N3O/c11-4-5-12-10(14)9-8-3-1-2-7(8)6-13-9/h7-9,13H,1-3,5-6H2,(H,12,14). The van der Waals surface area contributed by atoms with Crippen LogP contribution in [0.2, 0.25) is 0 Å². The van der Waals surface area contributed by atoms with Gasteiger partial charge in [0.1, 0.15) is 6.54 Å². The van der Waals surface area contributed by atoms with Crippen molar-refractivity contribution in [2.75, 3.05) is 13.1 Å². The minimum atomic E-state index is -0.0455. The van der Waals surface area contributed by atoms with Crippen LogP contribution in [0, 0.1) is 23.2 Å². The summed E-state index contributed by atoms with van der Waals surface area (Å²) in [5, 5.41) is 14.2. The van der Waals surface area contributed by atoms with E-state index in [1.165, 1.54) is 12.8 Å². The summed E-state index contributed by atoms with van der Waals surface area (Å²) < 4.78 is 0. The van der Waals surface area contributed by atoms with E-state index in [4.69, 9.17) is 5.26 Å². The van der Waals surface area contributed by atoms with Crippen LogP contribution in [0.4, 0.5) is 0 Å². The van der Waals surface area contributed by atoms with Gasteiger partial charge in [0.05, 0.1) is 12.1 Å². The van der Waals surface area contributed by atoms with E-state index < -0.39 is 0 Å². The summed E-state index contributed by atoms with van der Waals surface area (Å²) in [5.74, 6) is 1.20. The molecule has 0 radical (unpaired) electrons. The van der Waals surface area contributed by atoms with Crippen molar-refractivity contribution < 1.29 is 4.79 Å². The fraction of sp³-hybridized carbons (Fsp3) is 0.800. The van der Waals surface area contributed by atoms with E-state index in [0.29, 0.717) is 11.8 Å². The lowest BCUT2D eigenvalue weighted by Gasteiger charge is -2.16. The Hall–Kier alpha value is -1.08. The Morgan fingerprint density at radius 2 is 2.43 bits per heavy atom. The first-order valence-corrected chi connectivity index (χ1v) is 5.21. The molecule has 2 aliphatic rings. The predicted molar refractivity (Wildman–Crippen MR) is 51.2 cm³/mol. The third-order valence-electron chi connectivity index (χ3n) is 3.37. The van der Waals surface area contributed by atoms with E-state index >= 15 is 0 Å². The lowest BCUT2D eigenvalue weighted by atomic mass is 9.94. The van der Waals surface area contributed by atoms with Gasteiger partial charge in [-0.2, -0.15) is 5.26 Å². The van der Waals surface area contributed by atoms with E-state index in [-0.39, 0.29) is 18.5 Å². The quantitative estimate of drug-likeness (QED) is 0.607. The van der Waals surface area contributed by atoms with E-state index in [2.05, 4.69) is 10.6 Å². The van der Waals surface area contributed by atoms with Crippen LogP contribution in [0.25, 0.3) is 0 Å². The van der Waals surface area contributed by atoms with Gasteiger partial charge in [0.15, 0.2) is 0 Å². The summed E-state index contributed by atoms with van der Waals surface area (Å²) in [6.07, 6.45) is 3.65. The molecule has 3 unspecified atom stereocenters. The summed E-state index contributed by atoms with van der Waals surface area (Å²) >= 11 is 0. The summed E-state index contributed by atoms with van der Waals surface area (Å²) in [7, 11) is 0. The molecule has 0 aromatic heterocycles. The number of carbonyl (C=O) groups excluding carboxylic acids is 1. The molecule has 0 spiro atoms. The Labute approximate surface area is 83.7 Å².